The maximum Gasteiger partial charge on any atom is 0.257 e. The molecule has 1 fully saturated rings. The third kappa shape index (κ3) is 2.97. The van der Waals surface area contributed by atoms with Crippen LogP contribution in [0.1, 0.15) is 12.8 Å². The molecule has 2 aliphatic rings. The highest BCUT2D eigenvalue weighted by Gasteiger charge is 2.33. The molecular formula is C18H16N2O2S. The lowest BCUT2D eigenvalue weighted by Crippen LogP contribution is -2.30. The van der Waals surface area contributed by atoms with Gasteiger partial charge in [-0.2, -0.15) is 0 Å². The summed E-state index contributed by atoms with van der Waals surface area (Å²) in [6, 6.07) is 14.4. The number of carbonyl (C=O) groups excluding carboxylic acids is 2. The summed E-state index contributed by atoms with van der Waals surface area (Å²) in [5.74, 6) is -0.0224. The van der Waals surface area contributed by atoms with E-state index >= 15 is 0 Å². The van der Waals surface area contributed by atoms with Crippen molar-refractivity contribution in [1.29, 1.82) is 0 Å². The maximum absolute atomic E-state index is 12.3. The molecule has 1 heterocycles. The van der Waals surface area contributed by atoms with Crippen LogP contribution in [-0.2, 0) is 9.59 Å². The minimum atomic E-state index is -0.245. The molecule has 0 unspecified atom stereocenters. The second-order valence-electron chi connectivity index (χ2n) is 5.85. The fraction of sp³-hybridized carbons (Fsp3) is 0.222. The molecule has 0 radical (unpaired) electrons. The van der Waals surface area contributed by atoms with Gasteiger partial charge in [-0.25, -0.2) is 0 Å². The number of thioether (sulfide) groups is 1. The molecule has 2 N–H and O–H groups in total. The zero-order valence-corrected chi connectivity index (χ0v) is 13.3. The van der Waals surface area contributed by atoms with Gasteiger partial charge in [-0.05, 0) is 35.7 Å². The first-order valence-electron chi connectivity index (χ1n) is 7.68. The van der Waals surface area contributed by atoms with Crippen LogP contribution < -0.4 is 10.6 Å². The molecule has 1 aliphatic heterocycles. The largest absolute Gasteiger partial charge is 0.349 e. The topological polar surface area (TPSA) is 58.2 Å². The van der Waals surface area contributed by atoms with Crippen molar-refractivity contribution in [2.24, 2.45) is 0 Å². The first-order valence-corrected chi connectivity index (χ1v) is 8.66. The summed E-state index contributed by atoms with van der Waals surface area (Å²) in [6.07, 6.45) is 2.02. The van der Waals surface area contributed by atoms with Crippen molar-refractivity contribution in [2.75, 3.05) is 11.1 Å². The molecule has 2 aromatic rings. The third-order valence-electron chi connectivity index (χ3n) is 4.00. The van der Waals surface area contributed by atoms with E-state index in [1.54, 1.807) is 0 Å². The van der Waals surface area contributed by atoms with Gasteiger partial charge in [0.25, 0.3) is 5.91 Å². The van der Waals surface area contributed by atoms with Gasteiger partial charge in [0.05, 0.1) is 10.8 Å². The van der Waals surface area contributed by atoms with Gasteiger partial charge in [-0.1, -0.05) is 42.1 Å². The quantitative estimate of drug-likeness (QED) is 0.849. The van der Waals surface area contributed by atoms with Crippen LogP contribution in [0.25, 0.3) is 10.8 Å². The van der Waals surface area contributed by atoms with Crippen LogP contribution in [0.2, 0.25) is 0 Å². The summed E-state index contributed by atoms with van der Waals surface area (Å²) >= 11 is 1.39. The van der Waals surface area contributed by atoms with E-state index in [0.29, 0.717) is 10.8 Å². The number of ketones is 1. The Bertz CT molecular complexity index is 840. The smallest absolute Gasteiger partial charge is 0.257 e. The number of amides is 1. The van der Waals surface area contributed by atoms with E-state index in [9.17, 15) is 9.59 Å². The Hall–Kier alpha value is -2.27. The van der Waals surface area contributed by atoms with Gasteiger partial charge in [0.15, 0.2) is 5.78 Å². The Labute approximate surface area is 138 Å². The average Bonchev–Trinajstić information content (AvgIpc) is 3.29. The summed E-state index contributed by atoms with van der Waals surface area (Å²) in [7, 11) is 0. The Kier molecular flexibility index (Phi) is 3.58. The Morgan fingerprint density at radius 1 is 1.09 bits per heavy atom. The number of fused-ring (bicyclic) bond motifs is 1. The zero-order valence-electron chi connectivity index (χ0n) is 12.5. The van der Waals surface area contributed by atoms with Crippen LogP contribution in [0.4, 0.5) is 5.69 Å². The molecule has 1 aliphatic carbocycles. The van der Waals surface area contributed by atoms with E-state index < -0.39 is 0 Å². The Morgan fingerprint density at radius 2 is 1.87 bits per heavy atom. The van der Waals surface area contributed by atoms with Gasteiger partial charge < -0.3 is 10.6 Å². The number of rotatable bonds is 4. The highest BCUT2D eigenvalue weighted by Crippen LogP contribution is 2.32. The second-order valence-corrected chi connectivity index (χ2v) is 6.84. The molecule has 4 nitrogen and oxygen atoms in total. The molecule has 0 spiro atoms. The third-order valence-corrected chi connectivity index (χ3v) is 5.00. The summed E-state index contributed by atoms with van der Waals surface area (Å²) in [5, 5.41) is 9.09. The van der Waals surface area contributed by atoms with Gasteiger partial charge in [-0.3, -0.25) is 9.59 Å². The number of benzene rings is 2. The number of Topliss-reactive ketones (excluding diaryl/α,β-unsaturated/α-hetero) is 1. The van der Waals surface area contributed by atoms with Crippen LogP contribution in [0, 0.1) is 0 Å². The van der Waals surface area contributed by atoms with Crippen molar-refractivity contribution in [3.05, 3.63) is 53.1 Å². The predicted octanol–water partition coefficient (Wildman–Crippen LogP) is 3.06. The van der Waals surface area contributed by atoms with Gasteiger partial charge in [0.1, 0.15) is 5.57 Å². The van der Waals surface area contributed by atoms with Gasteiger partial charge >= 0.3 is 0 Å². The first kappa shape index (κ1) is 14.3. The van der Waals surface area contributed by atoms with Gasteiger partial charge in [-0.15, -0.1) is 0 Å². The molecule has 0 aromatic heterocycles. The van der Waals surface area contributed by atoms with Crippen LogP contribution in [-0.4, -0.2) is 23.5 Å². The molecule has 5 heteroatoms. The number of anilines is 1. The highest BCUT2D eigenvalue weighted by atomic mass is 32.2. The lowest BCUT2D eigenvalue weighted by Gasteiger charge is -2.10. The number of hydrogen-bond donors (Lipinski definition) is 2. The van der Waals surface area contributed by atoms with Crippen molar-refractivity contribution in [3.8, 4) is 0 Å². The Balaban J connectivity index is 1.62. The maximum atomic E-state index is 12.3. The average molecular weight is 324 g/mol. The molecule has 1 amide bonds. The van der Waals surface area contributed by atoms with Gasteiger partial charge in [0, 0.05) is 11.7 Å². The van der Waals surface area contributed by atoms with E-state index in [2.05, 4.69) is 16.7 Å². The van der Waals surface area contributed by atoms with E-state index in [-0.39, 0.29) is 23.3 Å². The molecular weight excluding hydrogens is 308 g/mol. The van der Waals surface area contributed by atoms with Crippen molar-refractivity contribution in [2.45, 2.75) is 18.9 Å². The van der Waals surface area contributed by atoms with Crippen LogP contribution in [0.5, 0.6) is 0 Å². The number of hydrogen-bond acceptors (Lipinski definition) is 4. The first-order chi connectivity index (χ1) is 11.2. The number of nitrogens with one attached hydrogen (secondary N) is 2. The summed E-state index contributed by atoms with van der Waals surface area (Å²) in [4.78, 5) is 24.3. The highest BCUT2D eigenvalue weighted by molar-refractivity contribution is 8.04. The Morgan fingerprint density at radius 3 is 2.65 bits per heavy atom. The summed E-state index contributed by atoms with van der Waals surface area (Å²) < 4.78 is 0. The molecule has 4 rings (SSSR count). The van der Waals surface area contributed by atoms with Crippen molar-refractivity contribution in [3.63, 3.8) is 0 Å². The fourth-order valence-electron chi connectivity index (χ4n) is 2.62. The van der Waals surface area contributed by atoms with Crippen LogP contribution in [0.3, 0.4) is 0 Å². The van der Waals surface area contributed by atoms with E-state index in [1.165, 1.54) is 11.8 Å². The predicted molar refractivity (Wildman–Crippen MR) is 93.2 cm³/mol. The lowest BCUT2D eigenvalue weighted by atomic mass is 10.1. The minimum absolute atomic E-state index is 0.101. The van der Waals surface area contributed by atoms with Crippen molar-refractivity contribution in [1.82, 2.24) is 5.32 Å². The summed E-state index contributed by atoms with van der Waals surface area (Å²) in [6.45, 7) is 0. The molecule has 0 atom stereocenters. The monoisotopic (exact) mass is 324 g/mol. The minimum Gasteiger partial charge on any atom is -0.349 e. The normalized spacial score (nSPS) is 17.7. The number of carbonyl (C=O) groups is 2. The van der Waals surface area contributed by atoms with Crippen LogP contribution in [0.15, 0.2) is 53.1 Å². The van der Waals surface area contributed by atoms with E-state index in [4.69, 9.17) is 0 Å². The van der Waals surface area contributed by atoms with Gasteiger partial charge in [0.2, 0.25) is 0 Å². The second kappa shape index (κ2) is 5.74. The van der Waals surface area contributed by atoms with E-state index in [0.717, 1.165) is 29.3 Å². The van der Waals surface area contributed by atoms with Crippen molar-refractivity contribution < 1.29 is 9.59 Å². The summed E-state index contributed by atoms with van der Waals surface area (Å²) in [5.41, 5.74) is 1.16. The molecule has 0 bridgehead atoms. The molecule has 2 aromatic carbocycles. The lowest BCUT2D eigenvalue weighted by molar-refractivity contribution is -0.121. The SMILES string of the molecule is O=C1CSC(Nc2ccc3ccccc3c2)=C1C(=O)NC1CC1. The van der Waals surface area contributed by atoms with E-state index in [1.807, 2.05) is 36.4 Å². The molecule has 23 heavy (non-hydrogen) atoms. The molecule has 0 saturated heterocycles. The standard InChI is InChI=1S/C18H16N2O2S/c21-15-10-23-18(16(15)17(22)19-13-7-8-13)20-14-6-5-11-3-1-2-4-12(11)9-14/h1-6,9,13,20H,7-8,10H2,(H,19,22). The molecule has 116 valence electrons. The van der Waals surface area contributed by atoms with Crippen LogP contribution >= 0.6 is 11.8 Å². The van der Waals surface area contributed by atoms with Crippen molar-refractivity contribution >= 4 is 39.9 Å². The zero-order chi connectivity index (χ0) is 15.8. The fourth-order valence-corrected chi connectivity index (χ4v) is 3.58. The molecule has 1 saturated carbocycles.